The first-order valence-corrected chi connectivity index (χ1v) is 11.1. The summed E-state index contributed by atoms with van der Waals surface area (Å²) in [5, 5.41) is 7.39. The van der Waals surface area contributed by atoms with Crippen LogP contribution >= 0.6 is 11.6 Å². The normalized spacial score (nSPS) is 21.9. The van der Waals surface area contributed by atoms with E-state index in [0.29, 0.717) is 18.5 Å². The molecule has 2 amide bonds. The highest BCUT2D eigenvalue weighted by atomic mass is 35.5. The van der Waals surface area contributed by atoms with Crippen LogP contribution in [0.3, 0.4) is 0 Å². The van der Waals surface area contributed by atoms with Gasteiger partial charge in [0, 0.05) is 17.7 Å². The van der Waals surface area contributed by atoms with Gasteiger partial charge in [0.1, 0.15) is 11.9 Å². The predicted molar refractivity (Wildman–Crippen MR) is 116 cm³/mol. The second-order valence-corrected chi connectivity index (χ2v) is 8.99. The van der Waals surface area contributed by atoms with E-state index in [4.69, 9.17) is 11.6 Å². The highest BCUT2D eigenvalue weighted by molar-refractivity contribution is 6.30. The molecule has 1 unspecified atom stereocenters. The van der Waals surface area contributed by atoms with Crippen molar-refractivity contribution in [3.63, 3.8) is 0 Å². The lowest BCUT2D eigenvalue weighted by Crippen LogP contribution is -2.43. The van der Waals surface area contributed by atoms with Crippen LogP contribution in [-0.2, 0) is 21.4 Å². The fourth-order valence-corrected chi connectivity index (χ4v) is 4.37. The van der Waals surface area contributed by atoms with Crippen molar-refractivity contribution in [1.29, 1.82) is 0 Å². The molecular formula is C23H17ClF7N3O3. The number of halogens is 8. The van der Waals surface area contributed by atoms with Crippen molar-refractivity contribution in [3.05, 3.63) is 69.0 Å². The number of carbonyl (C=O) groups is 2. The Labute approximate surface area is 209 Å². The summed E-state index contributed by atoms with van der Waals surface area (Å²) < 4.78 is 97.1. The molecule has 0 radical (unpaired) electrons. The summed E-state index contributed by atoms with van der Waals surface area (Å²) in [6.45, 7) is 1.90. The third-order valence-electron chi connectivity index (χ3n) is 6.13. The molecule has 2 aliphatic heterocycles. The van der Waals surface area contributed by atoms with Gasteiger partial charge in [-0.1, -0.05) is 22.8 Å². The van der Waals surface area contributed by atoms with Crippen LogP contribution in [0.4, 0.5) is 30.7 Å². The minimum Gasteiger partial charge on any atom is -0.374 e. The van der Waals surface area contributed by atoms with Crippen LogP contribution in [0.25, 0.3) is 0 Å². The maximum atomic E-state index is 14.7. The van der Waals surface area contributed by atoms with Gasteiger partial charge in [0.2, 0.25) is 5.91 Å². The molecule has 6 nitrogen and oxygen atoms in total. The quantitative estimate of drug-likeness (QED) is 0.525. The molecule has 0 saturated carbocycles. The molecule has 14 heteroatoms. The molecule has 2 heterocycles. The number of rotatable bonds is 4. The second-order valence-electron chi connectivity index (χ2n) is 8.58. The van der Waals surface area contributed by atoms with Gasteiger partial charge in [-0.15, -0.1) is 0 Å². The summed E-state index contributed by atoms with van der Waals surface area (Å²) >= 11 is 5.51. The molecule has 0 aromatic heterocycles. The summed E-state index contributed by atoms with van der Waals surface area (Å²) in [4.78, 5) is 28.9. The molecular weight excluding hydrogens is 535 g/mol. The Bertz CT molecular complexity index is 1310. The van der Waals surface area contributed by atoms with Crippen LogP contribution in [-0.4, -0.2) is 36.3 Å². The van der Waals surface area contributed by atoms with Crippen molar-refractivity contribution in [1.82, 2.24) is 10.6 Å². The number of nitrogens with zero attached hydrogens (tertiary/aromatic N) is 1. The number of alkyl halides is 6. The molecule has 0 spiro atoms. The fourth-order valence-electron chi connectivity index (χ4n) is 4.15. The van der Waals surface area contributed by atoms with Crippen LogP contribution in [0.15, 0.2) is 35.5 Å². The van der Waals surface area contributed by atoms with Crippen molar-refractivity contribution >= 4 is 29.1 Å². The molecule has 198 valence electrons. The van der Waals surface area contributed by atoms with Crippen LogP contribution in [0, 0.1) is 12.7 Å². The topological polar surface area (TPSA) is 79.8 Å². The van der Waals surface area contributed by atoms with Gasteiger partial charge in [0.05, 0.1) is 22.7 Å². The number of carbonyl (C=O) groups excluding carboxylic acids is 2. The number of nitrogens with one attached hydrogen (secondary N) is 2. The van der Waals surface area contributed by atoms with Gasteiger partial charge in [-0.2, -0.15) is 26.3 Å². The largest absolute Gasteiger partial charge is 0.435 e. The number of hydrogen-bond acceptors (Lipinski definition) is 4. The average molecular weight is 552 g/mol. The second kappa shape index (κ2) is 9.19. The van der Waals surface area contributed by atoms with Crippen molar-refractivity contribution < 1.29 is 45.2 Å². The zero-order chi connectivity index (χ0) is 27.3. The van der Waals surface area contributed by atoms with E-state index in [1.807, 2.05) is 0 Å². The first kappa shape index (κ1) is 26.7. The van der Waals surface area contributed by atoms with Gasteiger partial charge >= 0.3 is 12.4 Å². The molecule has 2 N–H and O–H groups in total. The Kier molecular flexibility index (Phi) is 6.63. The maximum absolute atomic E-state index is 14.7. The number of oxime groups is 1. The molecule has 2 aromatic rings. The van der Waals surface area contributed by atoms with E-state index >= 15 is 0 Å². The van der Waals surface area contributed by atoms with E-state index in [1.54, 1.807) is 0 Å². The third-order valence-corrected chi connectivity index (χ3v) is 6.41. The minimum absolute atomic E-state index is 0.00498. The van der Waals surface area contributed by atoms with E-state index in [-0.39, 0.29) is 34.9 Å². The average Bonchev–Trinajstić information content (AvgIpc) is 3.42. The van der Waals surface area contributed by atoms with Crippen molar-refractivity contribution in [2.24, 2.45) is 5.16 Å². The highest BCUT2D eigenvalue weighted by Gasteiger charge is 2.64. The SMILES string of the molecule is Cc1cc(C2=NOC(c3cc(C(F)(F)F)cc(Cl)c3F)(C(F)(F)F)C2)ccc1C(=O)N[C@H]1CCNC1=O. The molecule has 2 atom stereocenters. The van der Waals surface area contributed by atoms with Gasteiger partial charge in [-0.25, -0.2) is 4.39 Å². The molecule has 37 heavy (non-hydrogen) atoms. The highest BCUT2D eigenvalue weighted by Crippen LogP contribution is 2.51. The number of hydrogen-bond donors (Lipinski definition) is 2. The maximum Gasteiger partial charge on any atom is 0.435 e. The Morgan fingerprint density at radius 3 is 2.46 bits per heavy atom. The zero-order valence-corrected chi connectivity index (χ0v) is 19.5. The summed E-state index contributed by atoms with van der Waals surface area (Å²) in [5.74, 6) is -2.64. The number of aryl methyl sites for hydroxylation is 1. The molecule has 1 fully saturated rings. The minimum atomic E-state index is -5.39. The monoisotopic (exact) mass is 551 g/mol. The molecule has 2 aliphatic rings. The summed E-state index contributed by atoms with van der Waals surface area (Å²) in [7, 11) is 0. The van der Waals surface area contributed by atoms with E-state index in [1.165, 1.54) is 25.1 Å². The predicted octanol–water partition coefficient (Wildman–Crippen LogP) is 5.01. The third kappa shape index (κ3) is 4.83. The molecule has 1 saturated heterocycles. The van der Waals surface area contributed by atoms with Gasteiger partial charge in [0.25, 0.3) is 11.5 Å². The Balaban J connectivity index is 1.66. The standard InChI is InChI=1S/C23H17ClF7N3O3/c1-10-6-11(2-3-13(10)19(35)33-16-4-5-32-20(16)36)17-9-21(37-34-17,23(29,30)31)14-7-12(22(26,27)28)8-15(24)18(14)25/h2-3,6-8,16H,4-5,9H2,1H3,(H,32,36)(H,33,35)/t16-,21?/m0/s1. The van der Waals surface area contributed by atoms with Crippen LogP contribution in [0.2, 0.25) is 5.02 Å². The Hall–Kier alpha value is -3.35. The molecule has 0 aliphatic carbocycles. The van der Waals surface area contributed by atoms with Gasteiger partial charge < -0.3 is 15.5 Å². The fraction of sp³-hybridized carbons (Fsp3) is 0.348. The van der Waals surface area contributed by atoms with Gasteiger partial charge in [-0.05, 0) is 48.7 Å². The molecule has 0 bridgehead atoms. The van der Waals surface area contributed by atoms with Crippen LogP contribution in [0.5, 0.6) is 0 Å². The Morgan fingerprint density at radius 1 is 1.19 bits per heavy atom. The smallest absolute Gasteiger partial charge is 0.374 e. The summed E-state index contributed by atoms with van der Waals surface area (Å²) in [5.41, 5.74) is -6.43. The van der Waals surface area contributed by atoms with Crippen molar-refractivity contribution in [3.8, 4) is 0 Å². The lowest BCUT2D eigenvalue weighted by molar-refractivity contribution is -0.276. The number of benzene rings is 2. The van der Waals surface area contributed by atoms with Crippen LogP contribution < -0.4 is 10.6 Å². The van der Waals surface area contributed by atoms with Gasteiger partial charge in [0.15, 0.2) is 0 Å². The first-order valence-electron chi connectivity index (χ1n) is 10.7. The number of amides is 2. The van der Waals surface area contributed by atoms with Crippen LogP contribution in [0.1, 0.15) is 45.5 Å². The van der Waals surface area contributed by atoms with Crippen molar-refractivity contribution in [2.45, 2.75) is 43.8 Å². The zero-order valence-electron chi connectivity index (χ0n) is 18.8. The summed E-state index contributed by atoms with van der Waals surface area (Å²) in [6.07, 6.45) is -11.2. The molecule has 2 aromatic carbocycles. The Morgan fingerprint density at radius 2 is 1.89 bits per heavy atom. The van der Waals surface area contributed by atoms with E-state index in [0.717, 1.165) is 0 Å². The summed E-state index contributed by atoms with van der Waals surface area (Å²) in [6, 6.07) is 3.36. The molecule has 4 rings (SSSR count). The lowest BCUT2D eigenvalue weighted by atomic mass is 9.85. The van der Waals surface area contributed by atoms with Gasteiger partial charge in [-0.3, -0.25) is 9.59 Å². The van der Waals surface area contributed by atoms with E-state index in [9.17, 15) is 40.3 Å². The van der Waals surface area contributed by atoms with Crippen molar-refractivity contribution in [2.75, 3.05) is 6.54 Å². The first-order chi connectivity index (χ1) is 17.1. The van der Waals surface area contributed by atoms with E-state index in [2.05, 4.69) is 20.6 Å². The van der Waals surface area contributed by atoms with E-state index < -0.39 is 58.3 Å². The lowest BCUT2D eigenvalue weighted by Gasteiger charge is -2.30.